The summed E-state index contributed by atoms with van der Waals surface area (Å²) in [7, 11) is 1.66. The van der Waals surface area contributed by atoms with Crippen LogP contribution in [0.2, 0.25) is 0 Å². The summed E-state index contributed by atoms with van der Waals surface area (Å²) in [6, 6.07) is 8.13. The van der Waals surface area contributed by atoms with E-state index in [1.54, 1.807) is 7.11 Å². The quantitative estimate of drug-likeness (QED) is 0.776. The number of benzene rings is 1. The monoisotopic (exact) mass is 321 g/mol. The fourth-order valence-electron chi connectivity index (χ4n) is 2.65. The molecule has 1 aromatic rings. The highest BCUT2D eigenvalue weighted by Gasteiger charge is 2.24. The van der Waals surface area contributed by atoms with Crippen molar-refractivity contribution >= 4 is 5.91 Å². The fourth-order valence-corrected chi connectivity index (χ4v) is 2.65. The van der Waals surface area contributed by atoms with Gasteiger partial charge in [-0.2, -0.15) is 0 Å². The number of methoxy groups -OCH3 is 1. The van der Waals surface area contributed by atoms with Crippen molar-refractivity contribution in [3.05, 3.63) is 29.8 Å². The molecular weight excluding hydrogens is 294 g/mol. The molecule has 1 saturated heterocycles. The second-order valence-corrected chi connectivity index (χ2v) is 5.82. The zero-order valence-electron chi connectivity index (χ0n) is 14.0. The van der Waals surface area contributed by atoms with Gasteiger partial charge in [0.2, 0.25) is 5.91 Å². The van der Waals surface area contributed by atoms with Gasteiger partial charge < -0.3 is 20.5 Å². The number of nitrogens with two attached hydrogens (primary N) is 1. The molecule has 0 bridgehead atoms. The number of carbonyl (C=O) groups excluding carboxylic acids is 1. The highest BCUT2D eigenvalue weighted by atomic mass is 16.5. The summed E-state index contributed by atoms with van der Waals surface area (Å²) in [6.07, 6.45) is 0. The molecule has 3 N–H and O–H groups in total. The number of hydrogen-bond acceptors (Lipinski definition) is 5. The average Bonchev–Trinajstić information content (AvgIpc) is 2.62. The minimum Gasteiger partial charge on any atom is -0.497 e. The molecule has 1 aromatic carbocycles. The van der Waals surface area contributed by atoms with Crippen LogP contribution in [-0.4, -0.2) is 57.3 Å². The molecular formula is C17H27N3O3. The molecule has 128 valence electrons. The third-order valence-corrected chi connectivity index (χ3v) is 4.26. The van der Waals surface area contributed by atoms with Crippen molar-refractivity contribution in [2.24, 2.45) is 11.7 Å². The first-order valence-electron chi connectivity index (χ1n) is 8.09. The van der Waals surface area contributed by atoms with Gasteiger partial charge in [0.05, 0.1) is 26.4 Å². The van der Waals surface area contributed by atoms with Gasteiger partial charge in [-0.15, -0.1) is 0 Å². The highest BCUT2D eigenvalue weighted by molar-refractivity contribution is 5.78. The van der Waals surface area contributed by atoms with Crippen molar-refractivity contribution in [1.29, 1.82) is 0 Å². The molecule has 1 aliphatic heterocycles. The Hall–Kier alpha value is -1.63. The normalized spacial score (nSPS) is 18.2. The van der Waals surface area contributed by atoms with Gasteiger partial charge in [-0.25, -0.2) is 0 Å². The van der Waals surface area contributed by atoms with Gasteiger partial charge in [-0.1, -0.05) is 19.1 Å². The summed E-state index contributed by atoms with van der Waals surface area (Å²) >= 11 is 0. The van der Waals surface area contributed by atoms with Crippen LogP contribution in [0, 0.1) is 5.92 Å². The second-order valence-electron chi connectivity index (χ2n) is 5.82. The van der Waals surface area contributed by atoms with Crippen molar-refractivity contribution in [2.75, 3.05) is 46.5 Å². The Balaban J connectivity index is 2.08. The summed E-state index contributed by atoms with van der Waals surface area (Å²) < 4.78 is 10.7. The number of nitrogens with one attached hydrogen (secondary N) is 1. The molecule has 2 rings (SSSR count). The number of hydrogen-bond donors (Lipinski definition) is 2. The lowest BCUT2D eigenvalue weighted by molar-refractivity contribution is -0.124. The summed E-state index contributed by atoms with van der Waals surface area (Å²) in [4.78, 5) is 14.4. The maximum Gasteiger partial charge on any atom is 0.224 e. The number of rotatable bonds is 7. The van der Waals surface area contributed by atoms with E-state index in [-0.39, 0.29) is 17.9 Å². The van der Waals surface area contributed by atoms with E-state index in [2.05, 4.69) is 22.3 Å². The number of carbonyl (C=O) groups is 1. The van der Waals surface area contributed by atoms with Crippen LogP contribution in [0.3, 0.4) is 0 Å². The molecule has 0 spiro atoms. The Kier molecular flexibility index (Phi) is 6.83. The molecule has 2 atom stereocenters. The maximum absolute atomic E-state index is 12.0. The van der Waals surface area contributed by atoms with E-state index in [0.717, 1.165) is 37.6 Å². The standard InChI is InChI=1S/C17H27N3O3/c1-13(11-18)17(21)19-12-16(20-7-9-23-10-8-20)14-3-5-15(22-2)6-4-14/h3-6,13,16H,7-12,18H2,1-2H3,(H,19,21). The van der Waals surface area contributed by atoms with Crippen molar-refractivity contribution < 1.29 is 14.3 Å². The summed E-state index contributed by atoms with van der Waals surface area (Å²) in [5.74, 6) is 0.658. The van der Waals surface area contributed by atoms with Crippen LogP contribution in [-0.2, 0) is 9.53 Å². The first kappa shape index (κ1) is 17.7. The minimum absolute atomic E-state index is 0.000675. The van der Waals surface area contributed by atoms with Crippen LogP contribution in [0.1, 0.15) is 18.5 Å². The van der Waals surface area contributed by atoms with E-state index in [0.29, 0.717) is 13.1 Å². The van der Waals surface area contributed by atoms with Gasteiger partial charge in [0, 0.05) is 32.1 Å². The number of nitrogens with zero attached hydrogens (tertiary/aromatic N) is 1. The van der Waals surface area contributed by atoms with E-state index < -0.39 is 0 Å². The Morgan fingerprint density at radius 3 is 2.57 bits per heavy atom. The van der Waals surface area contributed by atoms with Gasteiger partial charge in [0.1, 0.15) is 5.75 Å². The molecule has 1 aliphatic rings. The third kappa shape index (κ3) is 4.92. The second kappa shape index (κ2) is 8.86. The third-order valence-electron chi connectivity index (χ3n) is 4.26. The van der Waals surface area contributed by atoms with Gasteiger partial charge in [0.15, 0.2) is 0 Å². The van der Waals surface area contributed by atoms with Gasteiger partial charge >= 0.3 is 0 Å². The largest absolute Gasteiger partial charge is 0.497 e. The van der Waals surface area contributed by atoms with Gasteiger partial charge in [-0.3, -0.25) is 9.69 Å². The SMILES string of the molecule is COc1ccc(C(CNC(=O)C(C)CN)N2CCOCC2)cc1. The minimum atomic E-state index is -0.170. The topological polar surface area (TPSA) is 76.8 Å². The zero-order valence-corrected chi connectivity index (χ0v) is 14.0. The Labute approximate surface area is 137 Å². The lowest BCUT2D eigenvalue weighted by atomic mass is 10.0. The molecule has 0 saturated carbocycles. The average molecular weight is 321 g/mol. The molecule has 1 heterocycles. The van der Waals surface area contributed by atoms with Crippen LogP contribution in [0.4, 0.5) is 0 Å². The first-order valence-corrected chi connectivity index (χ1v) is 8.09. The van der Waals surface area contributed by atoms with Crippen molar-refractivity contribution in [2.45, 2.75) is 13.0 Å². The lowest BCUT2D eigenvalue weighted by Crippen LogP contribution is -2.45. The van der Waals surface area contributed by atoms with Crippen LogP contribution >= 0.6 is 0 Å². The molecule has 1 fully saturated rings. The predicted octanol–water partition coefficient (Wildman–Crippen LogP) is 0.780. The van der Waals surface area contributed by atoms with Crippen molar-refractivity contribution in [3.8, 4) is 5.75 Å². The number of morpholine rings is 1. The van der Waals surface area contributed by atoms with E-state index >= 15 is 0 Å². The maximum atomic E-state index is 12.0. The van der Waals surface area contributed by atoms with E-state index in [1.165, 1.54) is 0 Å². The molecule has 1 amide bonds. The Bertz CT molecular complexity index is 486. The Morgan fingerprint density at radius 2 is 2.00 bits per heavy atom. The van der Waals surface area contributed by atoms with Gasteiger partial charge in [-0.05, 0) is 17.7 Å². The summed E-state index contributed by atoms with van der Waals surface area (Å²) in [5, 5.41) is 3.03. The molecule has 6 heteroatoms. The first-order chi connectivity index (χ1) is 11.2. The lowest BCUT2D eigenvalue weighted by Gasteiger charge is -2.35. The van der Waals surface area contributed by atoms with Crippen molar-refractivity contribution in [3.63, 3.8) is 0 Å². The van der Waals surface area contributed by atoms with Crippen LogP contribution in [0.15, 0.2) is 24.3 Å². The zero-order chi connectivity index (χ0) is 16.7. The number of ether oxygens (including phenoxy) is 2. The van der Waals surface area contributed by atoms with Gasteiger partial charge in [0.25, 0.3) is 0 Å². The van der Waals surface area contributed by atoms with Crippen LogP contribution in [0.5, 0.6) is 5.75 Å². The highest BCUT2D eigenvalue weighted by Crippen LogP contribution is 2.23. The van der Waals surface area contributed by atoms with E-state index in [4.69, 9.17) is 15.2 Å². The molecule has 0 radical (unpaired) electrons. The molecule has 23 heavy (non-hydrogen) atoms. The van der Waals surface area contributed by atoms with Crippen LogP contribution in [0.25, 0.3) is 0 Å². The van der Waals surface area contributed by atoms with E-state index in [9.17, 15) is 4.79 Å². The van der Waals surface area contributed by atoms with Crippen LogP contribution < -0.4 is 15.8 Å². The summed E-state index contributed by atoms with van der Waals surface area (Å²) in [5.41, 5.74) is 6.72. The molecule has 0 aromatic heterocycles. The summed E-state index contributed by atoms with van der Waals surface area (Å²) in [6.45, 7) is 5.93. The molecule has 0 aliphatic carbocycles. The smallest absolute Gasteiger partial charge is 0.224 e. The number of amides is 1. The Morgan fingerprint density at radius 1 is 1.35 bits per heavy atom. The molecule has 2 unspecified atom stereocenters. The molecule has 6 nitrogen and oxygen atoms in total. The predicted molar refractivity (Wildman–Crippen MR) is 89.4 cm³/mol. The van der Waals surface area contributed by atoms with Crippen molar-refractivity contribution in [1.82, 2.24) is 10.2 Å². The fraction of sp³-hybridized carbons (Fsp3) is 0.588. The van der Waals surface area contributed by atoms with E-state index in [1.807, 2.05) is 19.1 Å².